The van der Waals surface area contributed by atoms with Crippen LogP contribution in [0.1, 0.15) is 142 Å². The van der Waals surface area contributed by atoms with Crippen molar-refractivity contribution in [3.05, 3.63) is 109 Å². The number of aliphatic carboxylic acids is 1. The molecule has 0 heterocycles. The number of phosphoric ester groups is 1. The number of carbonyl (C=O) groups is 2. The average Bonchev–Trinajstić information content (AvgIpc) is 3.21. The van der Waals surface area contributed by atoms with Crippen molar-refractivity contribution in [1.82, 2.24) is 0 Å². The molecule has 11 heteroatoms. The monoisotopic (exact) mass is 844 g/mol. The zero-order chi connectivity index (χ0) is 43.3. The summed E-state index contributed by atoms with van der Waals surface area (Å²) in [6.45, 7) is 3.53. The maximum Gasteiger partial charge on any atom is 0.472 e. The van der Waals surface area contributed by atoms with Crippen LogP contribution in [0.5, 0.6) is 0 Å². The van der Waals surface area contributed by atoms with Crippen LogP contribution in [-0.4, -0.2) is 60.5 Å². The molecule has 0 aliphatic heterocycles. The lowest BCUT2D eigenvalue weighted by atomic mass is 10.1. The Morgan fingerprint density at radius 1 is 0.542 bits per heavy atom. The lowest BCUT2D eigenvalue weighted by molar-refractivity contribution is -0.154. The molecule has 0 amide bonds. The lowest BCUT2D eigenvalue weighted by Gasteiger charge is -2.20. The van der Waals surface area contributed by atoms with E-state index in [9.17, 15) is 19.0 Å². The molecule has 0 aliphatic rings. The first-order chi connectivity index (χ1) is 28.7. The van der Waals surface area contributed by atoms with Crippen molar-refractivity contribution in [3.8, 4) is 0 Å². The minimum atomic E-state index is -4.64. The van der Waals surface area contributed by atoms with E-state index in [1.165, 1.54) is 0 Å². The number of carboxylic acids is 1. The Kier molecular flexibility index (Phi) is 40.3. The van der Waals surface area contributed by atoms with Crippen molar-refractivity contribution < 1.29 is 42.7 Å². The minimum absolute atomic E-state index is 0.0186. The Morgan fingerprint density at radius 2 is 0.932 bits per heavy atom. The first-order valence-corrected chi connectivity index (χ1v) is 23.4. The van der Waals surface area contributed by atoms with Gasteiger partial charge < -0.3 is 25.2 Å². The van der Waals surface area contributed by atoms with Gasteiger partial charge in [-0.05, 0) is 96.3 Å². The first kappa shape index (κ1) is 55.6. The number of phosphoric acid groups is 1. The van der Waals surface area contributed by atoms with Crippen molar-refractivity contribution >= 4 is 19.8 Å². The third kappa shape index (κ3) is 42.6. The maximum atomic E-state index is 12.6. The summed E-state index contributed by atoms with van der Waals surface area (Å²) in [5.74, 6) is -1.83. The molecule has 0 radical (unpaired) electrons. The van der Waals surface area contributed by atoms with Gasteiger partial charge in [-0.25, -0.2) is 4.57 Å². The number of ether oxygens (including phenoxy) is 2. The highest BCUT2D eigenvalue weighted by Gasteiger charge is 2.27. The number of hydrogen-bond donors (Lipinski definition) is 3. The smallest absolute Gasteiger partial charge is 0.472 e. The Morgan fingerprint density at radius 3 is 1.37 bits per heavy atom. The SMILES string of the molecule is CC/C=C\C/C=C\C/C=C\C/C=C\C/C=C\CCCCCCOCC(COP(=O)(O)OCC(N)C(=O)O)OC(=O)CCCCCC/C=C\C/C=C\C/C=C\C/C=C\CC. The summed E-state index contributed by atoms with van der Waals surface area (Å²) in [5.41, 5.74) is 5.35. The molecule has 0 aromatic rings. The van der Waals surface area contributed by atoms with Crippen LogP contribution >= 0.6 is 7.82 Å². The highest BCUT2D eigenvalue weighted by Crippen LogP contribution is 2.43. The highest BCUT2D eigenvalue weighted by atomic mass is 31.2. The normalized spacial score (nSPS) is 14.9. The molecular formula is C48H78NO9P. The first-order valence-electron chi connectivity index (χ1n) is 21.9. The molecule has 0 saturated heterocycles. The summed E-state index contributed by atoms with van der Waals surface area (Å²) in [5, 5.41) is 8.90. The molecule has 59 heavy (non-hydrogen) atoms. The van der Waals surface area contributed by atoms with Crippen molar-refractivity contribution in [2.45, 2.75) is 154 Å². The van der Waals surface area contributed by atoms with E-state index in [-0.39, 0.29) is 13.0 Å². The summed E-state index contributed by atoms with van der Waals surface area (Å²) >= 11 is 0. The Bertz CT molecular complexity index is 1350. The molecule has 3 atom stereocenters. The van der Waals surface area contributed by atoms with E-state index in [1.807, 2.05) is 0 Å². The number of esters is 1. The zero-order valence-corrected chi connectivity index (χ0v) is 37.2. The average molecular weight is 844 g/mol. The van der Waals surface area contributed by atoms with E-state index in [2.05, 4.69) is 123 Å². The van der Waals surface area contributed by atoms with Gasteiger partial charge in [-0.1, -0.05) is 149 Å². The van der Waals surface area contributed by atoms with Crippen LogP contribution in [0.25, 0.3) is 0 Å². The zero-order valence-electron chi connectivity index (χ0n) is 36.3. The van der Waals surface area contributed by atoms with Gasteiger partial charge in [-0.15, -0.1) is 0 Å². The summed E-state index contributed by atoms with van der Waals surface area (Å²) in [4.78, 5) is 33.6. The van der Waals surface area contributed by atoms with Crippen molar-refractivity contribution in [2.24, 2.45) is 5.73 Å². The maximum absolute atomic E-state index is 12.6. The summed E-state index contributed by atoms with van der Waals surface area (Å²) in [6, 6.07) is -1.49. The van der Waals surface area contributed by atoms with E-state index in [1.54, 1.807) is 0 Å². The van der Waals surface area contributed by atoms with E-state index in [4.69, 9.17) is 29.4 Å². The number of nitrogens with two attached hydrogens (primary N) is 1. The highest BCUT2D eigenvalue weighted by molar-refractivity contribution is 7.47. The van der Waals surface area contributed by atoms with Crippen LogP contribution in [-0.2, 0) is 32.7 Å². The lowest BCUT2D eigenvalue weighted by Crippen LogP contribution is -2.34. The van der Waals surface area contributed by atoms with E-state index < -0.39 is 45.1 Å². The van der Waals surface area contributed by atoms with Gasteiger partial charge in [-0.3, -0.25) is 18.6 Å². The third-order valence-corrected chi connectivity index (χ3v) is 9.50. The van der Waals surface area contributed by atoms with E-state index >= 15 is 0 Å². The van der Waals surface area contributed by atoms with Gasteiger partial charge in [0.2, 0.25) is 0 Å². The van der Waals surface area contributed by atoms with Gasteiger partial charge in [0.15, 0.2) is 0 Å². The number of carbonyl (C=O) groups excluding carboxylic acids is 1. The van der Waals surface area contributed by atoms with Crippen LogP contribution in [0, 0.1) is 0 Å². The number of unbranched alkanes of at least 4 members (excludes halogenated alkanes) is 8. The molecule has 0 aromatic carbocycles. The van der Waals surface area contributed by atoms with Gasteiger partial charge in [-0.2, -0.15) is 0 Å². The molecule has 0 fully saturated rings. The molecular weight excluding hydrogens is 765 g/mol. The van der Waals surface area contributed by atoms with E-state index in [0.717, 1.165) is 116 Å². The van der Waals surface area contributed by atoms with Crippen LogP contribution in [0.2, 0.25) is 0 Å². The second-order valence-electron chi connectivity index (χ2n) is 14.1. The molecule has 0 saturated carbocycles. The second kappa shape index (κ2) is 42.7. The quantitative estimate of drug-likeness (QED) is 0.0235. The van der Waals surface area contributed by atoms with Crippen molar-refractivity contribution in [1.29, 1.82) is 0 Å². The number of rotatable bonds is 40. The van der Waals surface area contributed by atoms with Crippen LogP contribution in [0.3, 0.4) is 0 Å². The predicted octanol–water partition coefficient (Wildman–Crippen LogP) is 12.3. The Labute approximate surface area is 357 Å². The van der Waals surface area contributed by atoms with Gasteiger partial charge in [0.25, 0.3) is 0 Å². The fourth-order valence-electron chi connectivity index (χ4n) is 5.21. The van der Waals surface area contributed by atoms with Crippen LogP contribution in [0.15, 0.2) is 109 Å². The molecule has 10 nitrogen and oxygen atoms in total. The van der Waals surface area contributed by atoms with Gasteiger partial charge in [0.05, 0.1) is 19.8 Å². The topological polar surface area (TPSA) is 155 Å². The van der Waals surface area contributed by atoms with Crippen LogP contribution in [0.4, 0.5) is 0 Å². The number of carboxylic acid groups (broad SMARTS) is 1. The largest absolute Gasteiger partial charge is 0.480 e. The molecule has 0 aliphatic carbocycles. The molecule has 334 valence electrons. The Balaban J connectivity index is 4.37. The standard InChI is InChI=1S/C48H78NO9P/c1-3-5-7-9-11-13-15-17-19-21-22-23-25-27-29-31-33-35-37-39-41-55-42-45(43-56-59(53,54)57-44-46(49)48(51)52)58-47(50)40-38-36-34-32-30-28-26-24-20-18-16-14-12-10-8-6-4-2/h5-8,11-14,17-20,22-23,26-29,45-46H,3-4,9-10,15-16,21,24-25,30-44,49H2,1-2H3,(H,51,52)(H,53,54)/b7-5-,8-6-,13-11-,14-12-,19-17-,20-18-,23-22-,28-26-,29-27-. The third-order valence-electron chi connectivity index (χ3n) is 8.55. The van der Waals surface area contributed by atoms with Crippen molar-refractivity contribution in [3.63, 3.8) is 0 Å². The molecule has 3 unspecified atom stereocenters. The van der Waals surface area contributed by atoms with Crippen molar-refractivity contribution in [2.75, 3.05) is 26.4 Å². The summed E-state index contributed by atoms with van der Waals surface area (Å²) in [6.07, 6.45) is 57.1. The molecule has 0 aromatic heterocycles. The fraction of sp³-hybridized carbons (Fsp3) is 0.583. The molecule has 4 N–H and O–H groups in total. The summed E-state index contributed by atoms with van der Waals surface area (Å²) in [7, 11) is -4.64. The van der Waals surface area contributed by atoms with E-state index in [0.29, 0.717) is 13.0 Å². The summed E-state index contributed by atoms with van der Waals surface area (Å²) < 4.78 is 33.3. The molecule has 0 bridgehead atoms. The Hall–Kier alpha value is -3.37. The number of hydrogen-bond acceptors (Lipinski definition) is 8. The fourth-order valence-corrected chi connectivity index (χ4v) is 5.99. The van der Waals surface area contributed by atoms with Gasteiger partial charge in [0, 0.05) is 13.0 Å². The predicted molar refractivity (Wildman–Crippen MR) is 244 cm³/mol. The minimum Gasteiger partial charge on any atom is -0.480 e. The number of allylic oxidation sites excluding steroid dienone is 18. The molecule has 0 rings (SSSR count). The van der Waals surface area contributed by atoms with Gasteiger partial charge >= 0.3 is 19.8 Å². The van der Waals surface area contributed by atoms with Crippen LogP contribution < -0.4 is 5.73 Å². The molecule has 0 spiro atoms. The second-order valence-corrected chi connectivity index (χ2v) is 15.5. The van der Waals surface area contributed by atoms with Gasteiger partial charge in [0.1, 0.15) is 12.1 Å².